The molecule has 0 radical (unpaired) electrons. The molecular weight excluding hydrogens is 164 g/mol. The molecule has 1 aromatic rings. The van der Waals surface area contributed by atoms with Gasteiger partial charge in [0.2, 0.25) is 0 Å². The second kappa shape index (κ2) is 3.38. The summed E-state index contributed by atoms with van der Waals surface area (Å²) in [6.07, 6.45) is 6.27. The highest BCUT2D eigenvalue weighted by Crippen LogP contribution is 2.17. The van der Waals surface area contributed by atoms with Gasteiger partial charge in [0, 0.05) is 25.0 Å². The van der Waals surface area contributed by atoms with Gasteiger partial charge in [-0.3, -0.25) is 0 Å². The predicted octanol–water partition coefficient (Wildman–Crippen LogP) is 0.559. The Hall–Kier alpha value is -1.03. The lowest BCUT2D eigenvalue weighted by atomic mass is 10.2. The van der Waals surface area contributed by atoms with Gasteiger partial charge in [-0.25, -0.2) is 4.98 Å². The van der Waals surface area contributed by atoms with Gasteiger partial charge in [-0.05, 0) is 26.4 Å². The molecule has 2 rings (SSSR count). The summed E-state index contributed by atoms with van der Waals surface area (Å²) in [6, 6.07) is 0.636. The highest BCUT2D eigenvalue weighted by atomic mass is 15.2. The van der Waals surface area contributed by atoms with E-state index in [0.29, 0.717) is 12.0 Å². The van der Waals surface area contributed by atoms with E-state index in [1.54, 1.807) is 6.20 Å². The molecule has 0 bridgehead atoms. The van der Waals surface area contributed by atoms with Crippen LogP contribution in [0.15, 0.2) is 12.4 Å². The highest BCUT2D eigenvalue weighted by molar-refractivity contribution is 5.16. The first-order valence-corrected chi connectivity index (χ1v) is 4.74. The van der Waals surface area contributed by atoms with Crippen molar-refractivity contribution in [3.05, 3.63) is 12.4 Å². The fourth-order valence-corrected chi connectivity index (χ4v) is 1.93. The van der Waals surface area contributed by atoms with E-state index in [1.807, 2.05) is 10.8 Å². The van der Waals surface area contributed by atoms with E-state index in [1.165, 1.54) is 19.4 Å². The van der Waals surface area contributed by atoms with E-state index < -0.39 is 0 Å². The Bertz CT molecular complexity index is 281. The summed E-state index contributed by atoms with van der Waals surface area (Å²) in [4.78, 5) is 6.39. The first kappa shape index (κ1) is 8.56. The molecule has 2 N–H and O–H groups in total. The Morgan fingerprint density at radius 2 is 2.54 bits per heavy atom. The summed E-state index contributed by atoms with van der Waals surface area (Å²) in [7, 11) is 2.17. The lowest BCUT2D eigenvalue weighted by Gasteiger charge is -2.19. The van der Waals surface area contributed by atoms with Gasteiger partial charge in [0.1, 0.15) is 0 Å². The summed E-state index contributed by atoms with van der Waals surface area (Å²) < 4.78 is 2.02. The van der Waals surface area contributed by atoms with Gasteiger partial charge in [-0.1, -0.05) is 0 Å². The molecule has 1 saturated heterocycles. The van der Waals surface area contributed by atoms with Gasteiger partial charge < -0.3 is 15.2 Å². The van der Waals surface area contributed by atoms with Crippen LogP contribution in [0.3, 0.4) is 0 Å². The molecule has 4 heteroatoms. The lowest BCUT2D eigenvalue weighted by molar-refractivity contribution is 0.283. The maximum atomic E-state index is 5.70. The van der Waals surface area contributed by atoms with Crippen LogP contribution in [0, 0.1) is 0 Å². The zero-order valence-electron chi connectivity index (χ0n) is 7.98. The lowest BCUT2D eigenvalue weighted by Crippen LogP contribution is -2.29. The Balaban J connectivity index is 2.01. The van der Waals surface area contributed by atoms with E-state index in [9.17, 15) is 0 Å². The molecule has 72 valence electrons. The summed E-state index contributed by atoms with van der Waals surface area (Å²) in [6.45, 7) is 2.18. The van der Waals surface area contributed by atoms with E-state index >= 15 is 0 Å². The molecule has 1 fully saturated rings. The number of likely N-dealkylation sites (N-methyl/N-ethyl adjacent to an activating group) is 1. The molecule has 0 saturated carbocycles. The van der Waals surface area contributed by atoms with Gasteiger partial charge in [0.15, 0.2) is 5.95 Å². The van der Waals surface area contributed by atoms with Crippen molar-refractivity contribution in [2.24, 2.45) is 0 Å². The largest absolute Gasteiger partial charge is 0.369 e. The van der Waals surface area contributed by atoms with Crippen molar-refractivity contribution in [2.75, 3.05) is 19.3 Å². The van der Waals surface area contributed by atoms with Crippen LogP contribution in [-0.4, -0.2) is 34.1 Å². The molecule has 0 amide bonds. The van der Waals surface area contributed by atoms with Crippen molar-refractivity contribution >= 4 is 5.95 Å². The third-order valence-electron chi connectivity index (χ3n) is 2.83. The predicted molar refractivity (Wildman–Crippen MR) is 52.3 cm³/mol. The first-order valence-electron chi connectivity index (χ1n) is 4.74. The van der Waals surface area contributed by atoms with Gasteiger partial charge in [-0.15, -0.1) is 0 Å². The van der Waals surface area contributed by atoms with Crippen LogP contribution in [0.25, 0.3) is 0 Å². The molecule has 1 aliphatic rings. The normalized spacial score (nSPS) is 23.9. The average molecular weight is 180 g/mol. The minimum absolute atomic E-state index is 0.625. The van der Waals surface area contributed by atoms with Crippen LogP contribution in [0.2, 0.25) is 0 Å². The second-order valence-corrected chi connectivity index (χ2v) is 3.71. The minimum Gasteiger partial charge on any atom is -0.369 e. The topological polar surface area (TPSA) is 47.1 Å². The third kappa shape index (κ3) is 1.67. The number of hydrogen-bond donors (Lipinski definition) is 1. The molecular formula is C9H16N4. The number of imidazole rings is 1. The Labute approximate surface area is 78.4 Å². The summed E-state index contributed by atoms with van der Waals surface area (Å²) >= 11 is 0. The molecule has 1 aliphatic heterocycles. The molecule has 1 atom stereocenters. The van der Waals surface area contributed by atoms with Crippen LogP contribution >= 0.6 is 0 Å². The number of hydrogen-bond acceptors (Lipinski definition) is 3. The highest BCUT2D eigenvalue weighted by Gasteiger charge is 2.21. The molecule has 1 aromatic heterocycles. The average Bonchev–Trinajstić information content (AvgIpc) is 2.65. The van der Waals surface area contributed by atoms with Crippen molar-refractivity contribution < 1.29 is 0 Å². The number of aromatic nitrogens is 2. The van der Waals surface area contributed by atoms with Crippen LogP contribution in [-0.2, 0) is 6.54 Å². The van der Waals surface area contributed by atoms with Gasteiger partial charge in [-0.2, -0.15) is 0 Å². The Morgan fingerprint density at radius 3 is 3.08 bits per heavy atom. The first-order chi connectivity index (χ1) is 6.27. The number of anilines is 1. The van der Waals surface area contributed by atoms with Crippen LogP contribution in [0.5, 0.6) is 0 Å². The van der Waals surface area contributed by atoms with Crippen LogP contribution < -0.4 is 5.73 Å². The van der Waals surface area contributed by atoms with Crippen molar-refractivity contribution in [2.45, 2.75) is 25.4 Å². The standard InChI is InChI=1S/C9H16N4/c1-12-5-2-3-8(12)7-13-6-4-11-9(13)10/h4,6,8H,2-3,5,7H2,1H3,(H2,10,11). The number of nitrogen functional groups attached to an aromatic ring is 1. The smallest absolute Gasteiger partial charge is 0.200 e. The Morgan fingerprint density at radius 1 is 1.69 bits per heavy atom. The van der Waals surface area contributed by atoms with Crippen LogP contribution in [0.1, 0.15) is 12.8 Å². The van der Waals surface area contributed by atoms with Crippen molar-refractivity contribution in [3.8, 4) is 0 Å². The molecule has 2 heterocycles. The fraction of sp³-hybridized carbons (Fsp3) is 0.667. The van der Waals surface area contributed by atoms with Gasteiger partial charge >= 0.3 is 0 Å². The molecule has 4 nitrogen and oxygen atoms in total. The Kier molecular flexibility index (Phi) is 2.22. The van der Waals surface area contributed by atoms with E-state index in [0.717, 1.165) is 6.54 Å². The van der Waals surface area contributed by atoms with E-state index in [2.05, 4.69) is 16.9 Å². The molecule has 0 spiro atoms. The fourth-order valence-electron chi connectivity index (χ4n) is 1.93. The van der Waals surface area contributed by atoms with Gasteiger partial charge in [0.25, 0.3) is 0 Å². The summed E-state index contributed by atoms with van der Waals surface area (Å²) in [5.74, 6) is 0.625. The van der Waals surface area contributed by atoms with Crippen molar-refractivity contribution in [1.29, 1.82) is 0 Å². The van der Waals surface area contributed by atoms with Crippen LogP contribution in [0.4, 0.5) is 5.95 Å². The zero-order chi connectivity index (χ0) is 9.26. The quantitative estimate of drug-likeness (QED) is 0.723. The minimum atomic E-state index is 0.625. The van der Waals surface area contributed by atoms with Crippen molar-refractivity contribution in [3.63, 3.8) is 0 Å². The number of nitrogens with two attached hydrogens (primary N) is 1. The summed E-state index contributed by atoms with van der Waals surface area (Å²) in [5.41, 5.74) is 5.70. The monoisotopic (exact) mass is 180 g/mol. The maximum Gasteiger partial charge on any atom is 0.200 e. The molecule has 0 aromatic carbocycles. The number of rotatable bonds is 2. The zero-order valence-corrected chi connectivity index (χ0v) is 7.98. The number of likely N-dealkylation sites (tertiary alicyclic amines) is 1. The van der Waals surface area contributed by atoms with Crippen molar-refractivity contribution in [1.82, 2.24) is 14.5 Å². The molecule has 13 heavy (non-hydrogen) atoms. The molecule has 1 unspecified atom stereocenters. The molecule has 0 aliphatic carbocycles. The third-order valence-corrected chi connectivity index (χ3v) is 2.83. The van der Waals surface area contributed by atoms with E-state index in [-0.39, 0.29) is 0 Å². The second-order valence-electron chi connectivity index (χ2n) is 3.71. The summed E-state index contributed by atoms with van der Waals surface area (Å²) in [5, 5.41) is 0. The maximum absolute atomic E-state index is 5.70. The number of nitrogens with zero attached hydrogens (tertiary/aromatic N) is 3. The van der Waals surface area contributed by atoms with Gasteiger partial charge in [0.05, 0.1) is 0 Å². The van der Waals surface area contributed by atoms with E-state index in [4.69, 9.17) is 5.73 Å². The SMILES string of the molecule is CN1CCCC1Cn1ccnc1N.